The molecule has 4 aromatic rings. The Morgan fingerprint density at radius 3 is 2.59 bits per heavy atom. The van der Waals surface area contributed by atoms with Gasteiger partial charge < -0.3 is 20.1 Å². The van der Waals surface area contributed by atoms with Crippen molar-refractivity contribution in [3.8, 4) is 41.3 Å². The van der Waals surface area contributed by atoms with Crippen molar-refractivity contribution in [3.63, 3.8) is 0 Å². The molecular formula is C37H32F4N6O2. The summed E-state index contributed by atoms with van der Waals surface area (Å²) in [5.74, 6) is -1.73. The molecule has 4 aliphatic heterocycles. The number of phenols is 1. The number of aromatic hydroxyl groups is 1. The lowest BCUT2D eigenvalue weighted by molar-refractivity contribution is 0.0647. The third-order valence-corrected chi connectivity index (χ3v) is 11.6. The molecule has 12 heteroatoms. The van der Waals surface area contributed by atoms with Crippen LogP contribution in [0.3, 0.4) is 0 Å². The van der Waals surface area contributed by atoms with Crippen molar-refractivity contribution < 1.29 is 27.4 Å². The second-order valence-electron chi connectivity index (χ2n) is 14.5. The Balaban J connectivity index is 1.21. The molecule has 9 rings (SSSR count). The summed E-state index contributed by atoms with van der Waals surface area (Å²) in [5.41, 5.74) is -2.07. The van der Waals surface area contributed by atoms with E-state index in [2.05, 4.69) is 32.1 Å². The first-order valence-electron chi connectivity index (χ1n) is 16.7. The van der Waals surface area contributed by atoms with Gasteiger partial charge in [-0.2, -0.15) is 15.2 Å². The Morgan fingerprint density at radius 2 is 1.88 bits per heavy atom. The van der Waals surface area contributed by atoms with Gasteiger partial charge in [0.25, 0.3) is 5.92 Å². The fourth-order valence-corrected chi connectivity index (χ4v) is 9.23. The smallest absolute Gasteiger partial charge is 0.319 e. The van der Waals surface area contributed by atoms with Crippen LogP contribution in [-0.4, -0.2) is 76.3 Å². The van der Waals surface area contributed by atoms with Crippen LogP contribution in [-0.2, 0) is 0 Å². The second-order valence-corrected chi connectivity index (χ2v) is 14.5. The average Bonchev–Trinajstić information content (AvgIpc) is 3.40. The van der Waals surface area contributed by atoms with Gasteiger partial charge in [-0.15, -0.1) is 6.42 Å². The first kappa shape index (κ1) is 30.4. The first-order chi connectivity index (χ1) is 23.5. The number of rotatable bonds is 5. The second kappa shape index (κ2) is 10.4. The number of benzene rings is 3. The molecule has 0 amide bonds. The largest absolute Gasteiger partial charge is 0.508 e. The molecule has 4 saturated heterocycles. The number of ether oxygens (including phenoxy) is 1. The number of hydrogen-bond acceptors (Lipinski definition) is 8. The van der Waals surface area contributed by atoms with Crippen molar-refractivity contribution in [2.45, 2.75) is 62.1 Å². The predicted octanol–water partition coefficient (Wildman–Crippen LogP) is 5.87. The number of phenolic OH excluding ortho intramolecular Hbond substituents is 1. The molecule has 8 nitrogen and oxygen atoms in total. The van der Waals surface area contributed by atoms with Gasteiger partial charge in [-0.3, -0.25) is 4.90 Å². The zero-order valence-electron chi connectivity index (χ0n) is 26.5. The summed E-state index contributed by atoms with van der Waals surface area (Å²) >= 11 is 0. The van der Waals surface area contributed by atoms with Gasteiger partial charge in [0, 0.05) is 54.5 Å². The van der Waals surface area contributed by atoms with Crippen LogP contribution in [0.4, 0.5) is 23.4 Å². The number of nitrogens with one attached hydrogen (secondary N) is 1. The lowest BCUT2D eigenvalue weighted by Gasteiger charge is -2.35. The fraction of sp³-hybridized carbons (Fsp3) is 0.432. The minimum absolute atomic E-state index is 0.0448. The molecule has 5 aliphatic rings. The molecule has 4 atom stereocenters. The van der Waals surface area contributed by atoms with E-state index in [1.54, 1.807) is 0 Å². The molecule has 2 bridgehead atoms. The highest BCUT2D eigenvalue weighted by atomic mass is 19.3. The molecule has 1 aromatic heterocycles. The standard InChI is InChI=1S/C37H32F4N6O2/c1-2-25-28(38)7-4-20-10-24(48)12-26(29(20)25)30-21(13-42)11-27-32(31(30)39)44-34(45-33(27)46-14-22-5-6-23(15-46)43-22)49-19-36-8-3-9-47(36)18-35(16-36)17-37(35,40)41/h1,4,7,10-12,22-23,43,48H,3,5-6,8-9,14-19H2/t22-,23+,35-,36-/m0/s1. The number of nitriles is 1. The topological polar surface area (TPSA) is 97.5 Å². The molecule has 250 valence electrons. The van der Waals surface area contributed by atoms with E-state index < -0.39 is 28.5 Å². The number of piperazine rings is 1. The van der Waals surface area contributed by atoms with E-state index in [0.717, 1.165) is 19.3 Å². The highest BCUT2D eigenvalue weighted by molar-refractivity contribution is 6.05. The Labute approximate surface area is 279 Å². The number of aromatic nitrogens is 2. The molecule has 5 fully saturated rings. The van der Waals surface area contributed by atoms with Gasteiger partial charge in [0.2, 0.25) is 0 Å². The highest BCUT2D eigenvalue weighted by Crippen LogP contribution is 2.69. The van der Waals surface area contributed by atoms with E-state index in [1.807, 2.05) is 0 Å². The summed E-state index contributed by atoms with van der Waals surface area (Å²) in [6.07, 6.45) is 9.44. The van der Waals surface area contributed by atoms with Crippen molar-refractivity contribution in [3.05, 3.63) is 53.1 Å². The number of fused-ring (bicyclic) bond motifs is 5. The molecule has 2 N–H and O–H groups in total. The minimum atomic E-state index is -2.69. The summed E-state index contributed by atoms with van der Waals surface area (Å²) in [6, 6.07) is 9.21. The van der Waals surface area contributed by atoms with Crippen LogP contribution in [0.25, 0.3) is 32.8 Å². The Bertz CT molecular complexity index is 2170. The lowest BCUT2D eigenvalue weighted by Crippen LogP contribution is -2.51. The molecule has 1 saturated carbocycles. The SMILES string of the molecule is C#Cc1c(F)ccc2cc(O)cc(-c3c(C#N)cc4c(N5C[C@H]6CC[C@@H](C5)N6)nc(OC[C@@]56CCCN5C[C@@]5(CC5(F)F)C6)nc4c3F)c12. The van der Waals surface area contributed by atoms with Gasteiger partial charge in [-0.05, 0) is 73.9 Å². The number of hydrogen-bond donors (Lipinski definition) is 2. The Kier molecular flexibility index (Phi) is 6.47. The number of halogens is 4. The van der Waals surface area contributed by atoms with Gasteiger partial charge in [0.1, 0.15) is 29.5 Å². The lowest BCUT2D eigenvalue weighted by atomic mass is 9.89. The summed E-state index contributed by atoms with van der Waals surface area (Å²) in [5, 5.41) is 25.4. The van der Waals surface area contributed by atoms with Crippen LogP contribution in [0.2, 0.25) is 0 Å². The quantitative estimate of drug-likeness (QED) is 0.202. The van der Waals surface area contributed by atoms with Crippen molar-refractivity contribution in [1.29, 1.82) is 5.26 Å². The van der Waals surface area contributed by atoms with Crippen molar-refractivity contribution >= 4 is 27.5 Å². The van der Waals surface area contributed by atoms with E-state index in [4.69, 9.17) is 16.1 Å². The zero-order chi connectivity index (χ0) is 33.9. The maximum atomic E-state index is 17.2. The zero-order valence-corrected chi connectivity index (χ0v) is 26.5. The van der Waals surface area contributed by atoms with E-state index >= 15 is 4.39 Å². The van der Waals surface area contributed by atoms with Gasteiger partial charge in [-0.25, -0.2) is 17.6 Å². The molecule has 0 unspecified atom stereocenters. The molecule has 3 aromatic carbocycles. The maximum absolute atomic E-state index is 17.2. The van der Waals surface area contributed by atoms with Gasteiger partial charge in [0.05, 0.1) is 28.2 Å². The predicted molar refractivity (Wildman–Crippen MR) is 175 cm³/mol. The van der Waals surface area contributed by atoms with Crippen LogP contribution in [0, 0.1) is 40.7 Å². The number of nitrogens with zero attached hydrogens (tertiary/aromatic N) is 5. The van der Waals surface area contributed by atoms with E-state index in [9.17, 15) is 23.5 Å². The van der Waals surface area contributed by atoms with Crippen LogP contribution in [0.1, 0.15) is 49.7 Å². The molecule has 0 radical (unpaired) electrons. The minimum Gasteiger partial charge on any atom is -0.508 e. The van der Waals surface area contributed by atoms with Crippen LogP contribution >= 0.6 is 0 Å². The maximum Gasteiger partial charge on any atom is 0.319 e. The van der Waals surface area contributed by atoms with Gasteiger partial charge in [-0.1, -0.05) is 12.0 Å². The fourth-order valence-electron chi connectivity index (χ4n) is 9.23. The molecule has 49 heavy (non-hydrogen) atoms. The summed E-state index contributed by atoms with van der Waals surface area (Å²) in [4.78, 5) is 13.5. The molecular weight excluding hydrogens is 636 g/mol. The van der Waals surface area contributed by atoms with Crippen LogP contribution in [0.5, 0.6) is 11.8 Å². The third kappa shape index (κ3) is 4.50. The molecule has 1 aliphatic carbocycles. The number of alkyl halides is 2. The highest BCUT2D eigenvalue weighted by Gasteiger charge is 2.77. The summed E-state index contributed by atoms with van der Waals surface area (Å²) < 4.78 is 67.5. The van der Waals surface area contributed by atoms with Gasteiger partial charge >= 0.3 is 6.01 Å². The van der Waals surface area contributed by atoms with E-state index in [0.29, 0.717) is 55.6 Å². The van der Waals surface area contributed by atoms with Crippen molar-refractivity contribution in [2.24, 2.45) is 5.41 Å². The number of anilines is 1. The molecule has 1 spiro atoms. The van der Waals surface area contributed by atoms with Crippen LogP contribution in [0.15, 0.2) is 30.3 Å². The van der Waals surface area contributed by atoms with Crippen LogP contribution < -0.4 is 15.0 Å². The summed E-state index contributed by atoms with van der Waals surface area (Å²) in [6.45, 7) is 2.32. The first-order valence-corrected chi connectivity index (χ1v) is 16.7. The Morgan fingerprint density at radius 1 is 1.10 bits per heavy atom. The summed E-state index contributed by atoms with van der Waals surface area (Å²) in [7, 11) is 0. The average molecular weight is 669 g/mol. The third-order valence-electron chi connectivity index (χ3n) is 11.6. The van der Waals surface area contributed by atoms with Crippen molar-refractivity contribution in [2.75, 3.05) is 37.7 Å². The van der Waals surface area contributed by atoms with E-state index in [-0.39, 0.29) is 70.0 Å². The Hall–Kier alpha value is -4.65. The molecule has 5 heterocycles. The van der Waals surface area contributed by atoms with Gasteiger partial charge in [0.15, 0.2) is 5.82 Å². The monoisotopic (exact) mass is 668 g/mol. The normalized spacial score (nSPS) is 28.2. The van der Waals surface area contributed by atoms with Crippen molar-refractivity contribution in [1.82, 2.24) is 20.2 Å². The number of terminal acetylenes is 1. The van der Waals surface area contributed by atoms with E-state index in [1.165, 1.54) is 30.3 Å².